The molecule has 0 bridgehead atoms. The molecule has 0 aromatic carbocycles. The van der Waals surface area contributed by atoms with Gasteiger partial charge in [-0.15, -0.1) is 0 Å². The fourth-order valence-corrected chi connectivity index (χ4v) is 1.73. The summed E-state index contributed by atoms with van der Waals surface area (Å²) in [6.07, 6.45) is 4.93. The standard InChI is InChI=1S/C11H23N3O/c1-11(2,10(12)13-15)7-8-14(3)9-5-4-6-9/h9,15H,4-8H2,1-3H3,(H2,12,13). The van der Waals surface area contributed by atoms with Gasteiger partial charge in [0, 0.05) is 11.5 Å². The number of nitrogens with zero attached hydrogens (tertiary/aromatic N) is 2. The molecule has 0 unspecified atom stereocenters. The number of hydrogen-bond donors (Lipinski definition) is 2. The molecule has 1 rings (SSSR count). The van der Waals surface area contributed by atoms with Crippen LogP contribution in [0.1, 0.15) is 39.5 Å². The van der Waals surface area contributed by atoms with Gasteiger partial charge in [-0.05, 0) is 32.9 Å². The van der Waals surface area contributed by atoms with Crippen LogP contribution in [0.15, 0.2) is 5.16 Å². The number of nitrogens with two attached hydrogens (primary N) is 1. The Morgan fingerprint density at radius 2 is 2.13 bits per heavy atom. The second-order valence-electron chi connectivity index (χ2n) is 5.18. The lowest BCUT2D eigenvalue weighted by Gasteiger charge is -2.36. The number of rotatable bonds is 5. The first-order chi connectivity index (χ1) is 6.97. The zero-order valence-corrected chi connectivity index (χ0v) is 10.0. The van der Waals surface area contributed by atoms with E-state index in [1.165, 1.54) is 19.3 Å². The summed E-state index contributed by atoms with van der Waals surface area (Å²) in [4.78, 5) is 2.38. The number of hydrogen-bond acceptors (Lipinski definition) is 3. The molecule has 0 aromatic rings. The molecule has 0 spiro atoms. The molecule has 0 radical (unpaired) electrons. The number of oxime groups is 1. The molecule has 15 heavy (non-hydrogen) atoms. The van der Waals surface area contributed by atoms with Gasteiger partial charge in [0.2, 0.25) is 0 Å². The highest BCUT2D eigenvalue weighted by atomic mass is 16.4. The molecule has 4 heteroatoms. The SMILES string of the molecule is CN(CCC(C)(C)C(N)=NO)C1CCC1. The highest BCUT2D eigenvalue weighted by Gasteiger charge is 2.27. The third-order valence-electron chi connectivity index (χ3n) is 3.59. The van der Waals surface area contributed by atoms with Crippen molar-refractivity contribution in [2.24, 2.45) is 16.3 Å². The lowest BCUT2D eigenvalue weighted by molar-refractivity contribution is 0.147. The number of amidine groups is 1. The molecule has 3 N–H and O–H groups in total. The summed E-state index contributed by atoms with van der Waals surface area (Å²) in [5.41, 5.74) is 5.43. The van der Waals surface area contributed by atoms with Gasteiger partial charge in [0.1, 0.15) is 5.84 Å². The van der Waals surface area contributed by atoms with Gasteiger partial charge in [0.15, 0.2) is 0 Å². The molecule has 0 saturated heterocycles. The highest BCUT2D eigenvalue weighted by molar-refractivity contribution is 5.85. The summed E-state index contributed by atoms with van der Waals surface area (Å²) >= 11 is 0. The van der Waals surface area contributed by atoms with Gasteiger partial charge in [-0.1, -0.05) is 25.4 Å². The molecule has 0 aromatic heterocycles. The predicted molar refractivity (Wildman–Crippen MR) is 62.1 cm³/mol. The molecule has 0 amide bonds. The van der Waals surface area contributed by atoms with Gasteiger partial charge < -0.3 is 15.8 Å². The van der Waals surface area contributed by atoms with Gasteiger partial charge in [-0.3, -0.25) is 0 Å². The minimum atomic E-state index is -0.216. The Bertz CT molecular complexity index is 234. The summed E-state index contributed by atoms with van der Waals surface area (Å²) < 4.78 is 0. The normalized spacial score (nSPS) is 19.3. The Morgan fingerprint density at radius 3 is 2.53 bits per heavy atom. The van der Waals surface area contributed by atoms with Crippen molar-refractivity contribution in [3.05, 3.63) is 0 Å². The van der Waals surface area contributed by atoms with Crippen molar-refractivity contribution in [1.82, 2.24) is 4.90 Å². The molecule has 4 nitrogen and oxygen atoms in total. The molecule has 0 aliphatic heterocycles. The van der Waals surface area contributed by atoms with Crippen LogP contribution in [-0.4, -0.2) is 35.6 Å². The average Bonchev–Trinajstić information content (AvgIpc) is 2.11. The fourth-order valence-electron chi connectivity index (χ4n) is 1.73. The second-order valence-corrected chi connectivity index (χ2v) is 5.18. The largest absolute Gasteiger partial charge is 0.409 e. The molecule has 1 saturated carbocycles. The van der Waals surface area contributed by atoms with Gasteiger partial charge in [0.25, 0.3) is 0 Å². The maximum absolute atomic E-state index is 8.65. The molecule has 0 atom stereocenters. The van der Waals surface area contributed by atoms with E-state index in [4.69, 9.17) is 10.9 Å². The first kappa shape index (κ1) is 12.3. The van der Waals surface area contributed by atoms with Crippen molar-refractivity contribution >= 4 is 5.84 Å². The third-order valence-corrected chi connectivity index (χ3v) is 3.59. The van der Waals surface area contributed by atoms with E-state index in [1.807, 2.05) is 13.8 Å². The maximum Gasteiger partial charge on any atom is 0.144 e. The Hall–Kier alpha value is -0.770. The molecule has 1 aliphatic carbocycles. The summed E-state index contributed by atoms with van der Waals surface area (Å²) in [7, 11) is 2.16. The van der Waals surface area contributed by atoms with E-state index in [2.05, 4.69) is 17.1 Å². The first-order valence-corrected chi connectivity index (χ1v) is 5.65. The zero-order valence-electron chi connectivity index (χ0n) is 10.0. The third kappa shape index (κ3) is 3.09. The van der Waals surface area contributed by atoms with Crippen molar-refractivity contribution < 1.29 is 5.21 Å². The van der Waals surface area contributed by atoms with Crippen molar-refractivity contribution in [3.8, 4) is 0 Å². The zero-order chi connectivity index (χ0) is 11.5. The maximum atomic E-state index is 8.65. The van der Waals surface area contributed by atoms with E-state index in [9.17, 15) is 0 Å². The van der Waals surface area contributed by atoms with E-state index in [-0.39, 0.29) is 5.41 Å². The summed E-state index contributed by atoms with van der Waals surface area (Å²) in [5.74, 6) is 0.324. The molecule has 1 aliphatic rings. The van der Waals surface area contributed by atoms with E-state index in [1.54, 1.807) is 0 Å². The molecule has 0 heterocycles. The van der Waals surface area contributed by atoms with Crippen LogP contribution < -0.4 is 5.73 Å². The Labute approximate surface area is 92.1 Å². The van der Waals surface area contributed by atoms with E-state index in [0.29, 0.717) is 5.84 Å². The van der Waals surface area contributed by atoms with Crippen LogP contribution in [0.25, 0.3) is 0 Å². The lowest BCUT2D eigenvalue weighted by atomic mass is 9.86. The molecular formula is C11H23N3O. The highest BCUT2D eigenvalue weighted by Crippen LogP contribution is 2.26. The van der Waals surface area contributed by atoms with Crippen molar-refractivity contribution in [3.63, 3.8) is 0 Å². The Kier molecular flexibility index (Phi) is 3.97. The van der Waals surface area contributed by atoms with E-state index in [0.717, 1.165) is 19.0 Å². The van der Waals surface area contributed by atoms with Crippen LogP contribution in [0.2, 0.25) is 0 Å². The molecule has 88 valence electrons. The van der Waals surface area contributed by atoms with Crippen molar-refractivity contribution in [2.75, 3.05) is 13.6 Å². The fraction of sp³-hybridized carbons (Fsp3) is 0.909. The second kappa shape index (κ2) is 4.84. The Balaban J connectivity index is 2.34. The monoisotopic (exact) mass is 213 g/mol. The lowest BCUT2D eigenvalue weighted by Crippen LogP contribution is -2.41. The van der Waals surface area contributed by atoms with E-state index < -0.39 is 0 Å². The summed E-state index contributed by atoms with van der Waals surface area (Å²) in [5, 5.41) is 11.7. The first-order valence-electron chi connectivity index (χ1n) is 5.65. The average molecular weight is 213 g/mol. The summed E-state index contributed by atoms with van der Waals surface area (Å²) in [6, 6.07) is 0.757. The molecular weight excluding hydrogens is 190 g/mol. The van der Waals surface area contributed by atoms with Crippen LogP contribution in [0.4, 0.5) is 0 Å². The summed E-state index contributed by atoms with van der Waals surface area (Å²) in [6.45, 7) is 5.03. The smallest absolute Gasteiger partial charge is 0.144 e. The topological polar surface area (TPSA) is 61.8 Å². The Morgan fingerprint density at radius 1 is 1.53 bits per heavy atom. The van der Waals surface area contributed by atoms with Crippen LogP contribution in [0, 0.1) is 5.41 Å². The van der Waals surface area contributed by atoms with Crippen molar-refractivity contribution in [2.45, 2.75) is 45.6 Å². The van der Waals surface area contributed by atoms with Crippen LogP contribution >= 0.6 is 0 Å². The predicted octanol–water partition coefficient (Wildman–Crippen LogP) is 1.63. The van der Waals surface area contributed by atoms with Gasteiger partial charge in [0.05, 0.1) is 0 Å². The minimum absolute atomic E-state index is 0.216. The molecule has 1 fully saturated rings. The van der Waals surface area contributed by atoms with Crippen LogP contribution in [-0.2, 0) is 0 Å². The van der Waals surface area contributed by atoms with Crippen LogP contribution in [0.5, 0.6) is 0 Å². The van der Waals surface area contributed by atoms with Gasteiger partial charge in [-0.25, -0.2) is 0 Å². The van der Waals surface area contributed by atoms with Gasteiger partial charge >= 0.3 is 0 Å². The van der Waals surface area contributed by atoms with Crippen LogP contribution in [0.3, 0.4) is 0 Å². The van der Waals surface area contributed by atoms with Gasteiger partial charge in [-0.2, -0.15) is 0 Å². The minimum Gasteiger partial charge on any atom is -0.409 e. The quantitative estimate of drug-likeness (QED) is 0.316. The van der Waals surface area contributed by atoms with E-state index >= 15 is 0 Å². The van der Waals surface area contributed by atoms with Crippen molar-refractivity contribution in [1.29, 1.82) is 0 Å².